The van der Waals surface area contributed by atoms with Gasteiger partial charge in [-0.25, -0.2) is 9.59 Å². The summed E-state index contributed by atoms with van der Waals surface area (Å²) in [5.74, 6) is -0.368. The second-order valence-electron chi connectivity index (χ2n) is 6.56. The van der Waals surface area contributed by atoms with Gasteiger partial charge in [0.25, 0.3) is 0 Å². The number of rotatable bonds is 6. The largest absolute Gasteiger partial charge is 0.467 e. The Labute approximate surface area is 133 Å². The Morgan fingerprint density at radius 3 is 2.50 bits per heavy atom. The highest BCUT2D eigenvalue weighted by Gasteiger charge is 2.51. The van der Waals surface area contributed by atoms with Gasteiger partial charge in [0.15, 0.2) is 0 Å². The molecule has 0 saturated carbocycles. The quantitative estimate of drug-likeness (QED) is 0.557. The van der Waals surface area contributed by atoms with Crippen molar-refractivity contribution in [2.75, 3.05) is 26.9 Å². The van der Waals surface area contributed by atoms with Gasteiger partial charge in [-0.05, 0) is 53.4 Å². The van der Waals surface area contributed by atoms with Crippen molar-refractivity contribution in [3.05, 3.63) is 0 Å². The molecule has 0 spiro atoms. The van der Waals surface area contributed by atoms with E-state index in [9.17, 15) is 9.59 Å². The summed E-state index contributed by atoms with van der Waals surface area (Å²) < 4.78 is 15.8. The molecule has 128 valence electrons. The third-order valence-corrected chi connectivity index (χ3v) is 3.75. The van der Waals surface area contributed by atoms with E-state index in [2.05, 4.69) is 0 Å². The van der Waals surface area contributed by atoms with Gasteiger partial charge in [-0.15, -0.1) is 0 Å². The van der Waals surface area contributed by atoms with Crippen LogP contribution in [-0.4, -0.2) is 55.0 Å². The molecule has 1 fully saturated rings. The molecule has 1 unspecified atom stereocenters. The fourth-order valence-corrected chi connectivity index (χ4v) is 2.84. The van der Waals surface area contributed by atoms with Crippen molar-refractivity contribution in [1.82, 2.24) is 4.90 Å². The van der Waals surface area contributed by atoms with E-state index in [-0.39, 0.29) is 5.97 Å². The molecule has 1 saturated heterocycles. The molecular formula is C16H29NO5. The number of methoxy groups -OCH3 is 1. The lowest BCUT2D eigenvalue weighted by Crippen LogP contribution is -2.54. The molecule has 1 aliphatic rings. The number of ether oxygens (including phenoxy) is 3. The lowest BCUT2D eigenvalue weighted by molar-refractivity contribution is -0.154. The smallest absolute Gasteiger partial charge is 0.411 e. The lowest BCUT2D eigenvalue weighted by atomic mass is 9.90. The first kappa shape index (κ1) is 18.7. The van der Waals surface area contributed by atoms with Crippen LogP contribution in [0.1, 0.15) is 53.4 Å². The molecule has 1 heterocycles. The Balaban J connectivity index is 2.87. The minimum atomic E-state index is -0.922. The Kier molecular flexibility index (Phi) is 6.66. The Hall–Kier alpha value is -1.30. The molecule has 6 heteroatoms. The van der Waals surface area contributed by atoms with Crippen molar-refractivity contribution in [1.29, 1.82) is 0 Å². The molecule has 1 atom stereocenters. The molecule has 6 nitrogen and oxygen atoms in total. The second kappa shape index (κ2) is 7.81. The molecule has 0 bridgehead atoms. The molecule has 1 rings (SSSR count). The average molecular weight is 315 g/mol. The molecule has 0 aromatic carbocycles. The monoisotopic (exact) mass is 315 g/mol. The highest BCUT2D eigenvalue weighted by Crippen LogP contribution is 2.36. The SMILES string of the molecule is CCOCCCC1(C(=O)OC)CCCN1C(=O)OC(C)(C)C. The van der Waals surface area contributed by atoms with Gasteiger partial charge in [0, 0.05) is 19.8 Å². The van der Waals surface area contributed by atoms with E-state index in [4.69, 9.17) is 14.2 Å². The van der Waals surface area contributed by atoms with Crippen LogP contribution < -0.4 is 0 Å². The van der Waals surface area contributed by atoms with Gasteiger partial charge in [0.1, 0.15) is 11.1 Å². The number of hydrogen-bond donors (Lipinski definition) is 0. The predicted molar refractivity (Wildman–Crippen MR) is 82.6 cm³/mol. The first-order chi connectivity index (χ1) is 10.3. The van der Waals surface area contributed by atoms with Crippen molar-refractivity contribution >= 4 is 12.1 Å². The summed E-state index contributed by atoms with van der Waals surface area (Å²) in [6.07, 6.45) is 2.14. The molecule has 0 aromatic heterocycles. The van der Waals surface area contributed by atoms with E-state index in [0.717, 1.165) is 6.42 Å². The maximum atomic E-state index is 12.5. The van der Waals surface area contributed by atoms with Crippen LogP contribution in [0.25, 0.3) is 0 Å². The Morgan fingerprint density at radius 2 is 1.95 bits per heavy atom. The van der Waals surface area contributed by atoms with E-state index in [0.29, 0.717) is 39.0 Å². The average Bonchev–Trinajstić information content (AvgIpc) is 2.86. The van der Waals surface area contributed by atoms with Crippen LogP contribution in [0.5, 0.6) is 0 Å². The topological polar surface area (TPSA) is 65.1 Å². The van der Waals surface area contributed by atoms with Gasteiger partial charge in [0.2, 0.25) is 0 Å². The first-order valence-corrected chi connectivity index (χ1v) is 7.93. The molecule has 0 aliphatic carbocycles. The molecule has 1 aliphatic heterocycles. The summed E-state index contributed by atoms with van der Waals surface area (Å²) in [4.78, 5) is 26.4. The normalized spacial score (nSPS) is 21.8. The highest BCUT2D eigenvalue weighted by molar-refractivity contribution is 5.86. The van der Waals surface area contributed by atoms with Crippen molar-refractivity contribution in [3.8, 4) is 0 Å². The number of esters is 1. The van der Waals surface area contributed by atoms with Gasteiger partial charge >= 0.3 is 12.1 Å². The number of carbonyl (C=O) groups excluding carboxylic acids is 2. The van der Waals surface area contributed by atoms with E-state index in [1.807, 2.05) is 27.7 Å². The standard InChI is InChI=1S/C16H29NO5/c1-6-21-12-8-10-16(13(18)20-5)9-7-11-17(16)14(19)22-15(2,3)4/h6-12H2,1-5H3. The summed E-state index contributed by atoms with van der Waals surface area (Å²) in [6, 6.07) is 0. The summed E-state index contributed by atoms with van der Waals surface area (Å²) in [5, 5.41) is 0. The van der Waals surface area contributed by atoms with E-state index in [1.54, 1.807) is 0 Å². The summed E-state index contributed by atoms with van der Waals surface area (Å²) in [7, 11) is 1.36. The summed E-state index contributed by atoms with van der Waals surface area (Å²) >= 11 is 0. The summed E-state index contributed by atoms with van der Waals surface area (Å²) in [6.45, 7) is 9.09. The molecular weight excluding hydrogens is 286 g/mol. The number of likely N-dealkylation sites (tertiary alicyclic amines) is 1. The predicted octanol–water partition coefficient (Wildman–Crippen LogP) is 2.75. The first-order valence-electron chi connectivity index (χ1n) is 7.93. The molecule has 22 heavy (non-hydrogen) atoms. The Morgan fingerprint density at radius 1 is 1.27 bits per heavy atom. The fraction of sp³-hybridized carbons (Fsp3) is 0.875. The van der Waals surface area contributed by atoms with Gasteiger partial charge in [-0.3, -0.25) is 4.90 Å². The van der Waals surface area contributed by atoms with Crippen LogP contribution in [0.15, 0.2) is 0 Å². The van der Waals surface area contributed by atoms with E-state index < -0.39 is 17.2 Å². The van der Waals surface area contributed by atoms with E-state index in [1.165, 1.54) is 12.0 Å². The van der Waals surface area contributed by atoms with E-state index >= 15 is 0 Å². The van der Waals surface area contributed by atoms with Gasteiger partial charge < -0.3 is 14.2 Å². The maximum absolute atomic E-state index is 12.5. The Bertz CT molecular complexity index is 390. The van der Waals surface area contributed by atoms with Crippen LogP contribution in [0.3, 0.4) is 0 Å². The molecule has 0 N–H and O–H groups in total. The third kappa shape index (κ3) is 4.60. The molecule has 0 aromatic rings. The van der Waals surface area contributed by atoms with Crippen molar-refractivity contribution in [2.24, 2.45) is 0 Å². The molecule has 1 amide bonds. The summed E-state index contributed by atoms with van der Waals surface area (Å²) in [5.41, 5.74) is -1.51. The van der Waals surface area contributed by atoms with Crippen LogP contribution in [-0.2, 0) is 19.0 Å². The lowest BCUT2D eigenvalue weighted by Gasteiger charge is -2.36. The number of hydrogen-bond acceptors (Lipinski definition) is 5. The zero-order chi connectivity index (χ0) is 16.8. The zero-order valence-electron chi connectivity index (χ0n) is 14.4. The number of nitrogens with zero attached hydrogens (tertiary/aromatic N) is 1. The van der Waals surface area contributed by atoms with Crippen molar-refractivity contribution < 1.29 is 23.8 Å². The number of amides is 1. The van der Waals surface area contributed by atoms with Crippen LogP contribution in [0, 0.1) is 0 Å². The second-order valence-corrected chi connectivity index (χ2v) is 6.56. The fourth-order valence-electron chi connectivity index (χ4n) is 2.84. The highest BCUT2D eigenvalue weighted by atomic mass is 16.6. The molecule has 0 radical (unpaired) electrons. The minimum absolute atomic E-state index is 0.368. The van der Waals surface area contributed by atoms with Gasteiger partial charge in [0.05, 0.1) is 7.11 Å². The zero-order valence-corrected chi connectivity index (χ0v) is 14.4. The number of carbonyl (C=O) groups is 2. The van der Waals surface area contributed by atoms with Crippen molar-refractivity contribution in [2.45, 2.75) is 64.5 Å². The van der Waals surface area contributed by atoms with Gasteiger partial charge in [-0.2, -0.15) is 0 Å². The van der Waals surface area contributed by atoms with Crippen LogP contribution >= 0.6 is 0 Å². The maximum Gasteiger partial charge on any atom is 0.411 e. The van der Waals surface area contributed by atoms with Gasteiger partial charge in [-0.1, -0.05) is 0 Å². The van der Waals surface area contributed by atoms with Crippen LogP contribution in [0.2, 0.25) is 0 Å². The third-order valence-electron chi connectivity index (χ3n) is 3.75. The van der Waals surface area contributed by atoms with Crippen LogP contribution in [0.4, 0.5) is 4.79 Å². The minimum Gasteiger partial charge on any atom is -0.467 e. The van der Waals surface area contributed by atoms with Crippen molar-refractivity contribution in [3.63, 3.8) is 0 Å².